The number of ether oxygens (including phenoxy) is 1. The van der Waals surface area contributed by atoms with E-state index in [2.05, 4.69) is 4.98 Å². The van der Waals surface area contributed by atoms with E-state index in [1.165, 1.54) is 6.26 Å². The van der Waals surface area contributed by atoms with Gasteiger partial charge in [0.25, 0.3) is 0 Å². The Labute approximate surface area is 116 Å². The average Bonchev–Trinajstić information content (AvgIpc) is 2.88. The number of hydrogen-bond acceptors (Lipinski definition) is 5. The van der Waals surface area contributed by atoms with E-state index >= 15 is 0 Å². The molecule has 106 valence electrons. The van der Waals surface area contributed by atoms with Gasteiger partial charge in [-0.3, -0.25) is 4.79 Å². The summed E-state index contributed by atoms with van der Waals surface area (Å²) in [6.45, 7) is 2.43. The molecule has 0 fully saturated rings. The molecule has 6 nitrogen and oxygen atoms in total. The molecule has 0 bridgehead atoms. The highest BCUT2D eigenvalue weighted by molar-refractivity contribution is 5.67. The van der Waals surface area contributed by atoms with Gasteiger partial charge in [-0.2, -0.15) is 0 Å². The Balaban J connectivity index is 2.15. The first-order valence-corrected chi connectivity index (χ1v) is 6.29. The van der Waals surface area contributed by atoms with Crippen LogP contribution in [0.3, 0.4) is 0 Å². The van der Waals surface area contributed by atoms with Crippen LogP contribution in [0.25, 0.3) is 11.5 Å². The summed E-state index contributed by atoms with van der Waals surface area (Å²) < 4.78 is 10.7. The van der Waals surface area contributed by atoms with Crippen LogP contribution in [-0.2, 0) is 11.2 Å². The number of rotatable bonds is 6. The van der Waals surface area contributed by atoms with Crippen molar-refractivity contribution >= 4 is 11.7 Å². The van der Waals surface area contributed by atoms with E-state index < -0.39 is 5.97 Å². The maximum atomic E-state index is 10.5. The van der Waals surface area contributed by atoms with E-state index in [0.29, 0.717) is 36.0 Å². The molecule has 20 heavy (non-hydrogen) atoms. The molecule has 0 atom stereocenters. The number of carboxylic acids is 1. The van der Waals surface area contributed by atoms with Crippen LogP contribution in [0.15, 0.2) is 28.9 Å². The molecule has 0 saturated heterocycles. The summed E-state index contributed by atoms with van der Waals surface area (Å²) in [6.07, 6.45) is 1.83. The smallest absolute Gasteiger partial charge is 0.303 e. The molecule has 0 saturated carbocycles. The molecule has 2 rings (SSSR count). The zero-order chi connectivity index (χ0) is 14.5. The van der Waals surface area contributed by atoms with Crippen molar-refractivity contribution in [3.05, 3.63) is 30.2 Å². The van der Waals surface area contributed by atoms with Crippen molar-refractivity contribution in [3.8, 4) is 17.2 Å². The summed E-state index contributed by atoms with van der Waals surface area (Å²) in [5, 5.41) is 8.63. The third-order valence-electron chi connectivity index (χ3n) is 2.70. The van der Waals surface area contributed by atoms with Gasteiger partial charge in [0.15, 0.2) is 0 Å². The zero-order valence-electron chi connectivity index (χ0n) is 11.1. The third-order valence-corrected chi connectivity index (χ3v) is 2.70. The van der Waals surface area contributed by atoms with Crippen LogP contribution in [0.1, 0.15) is 19.0 Å². The minimum absolute atomic E-state index is 0.0252. The lowest BCUT2D eigenvalue weighted by molar-refractivity contribution is -0.136. The number of aliphatic carboxylic acids is 1. The van der Waals surface area contributed by atoms with E-state index in [-0.39, 0.29) is 6.42 Å². The first-order valence-electron chi connectivity index (χ1n) is 6.29. The summed E-state index contributed by atoms with van der Waals surface area (Å²) >= 11 is 0. The van der Waals surface area contributed by atoms with Crippen molar-refractivity contribution in [2.45, 2.75) is 19.8 Å². The van der Waals surface area contributed by atoms with E-state index in [1.54, 1.807) is 18.2 Å². The first-order chi connectivity index (χ1) is 9.60. The number of carboxylic acid groups (broad SMARTS) is 1. The fourth-order valence-electron chi connectivity index (χ4n) is 1.76. The van der Waals surface area contributed by atoms with Gasteiger partial charge in [0.2, 0.25) is 5.89 Å². The molecule has 0 aliphatic rings. The van der Waals surface area contributed by atoms with Crippen molar-refractivity contribution in [1.82, 2.24) is 4.98 Å². The number of aromatic nitrogens is 1. The number of oxazole rings is 1. The molecule has 0 spiro atoms. The van der Waals surface area contributed by atoms with Gasteiger partial charge >= 0.3 is 5.97 Å². The van der Waals surface area contributed by atoms with E-state index in [1.807, 2.05) is 6.92 Å². The van der Waals surface area contributed by atoms with Crippen molar-refractivity contribution in [2.24, 2.45) is 0 Å². The molecule has 0 unspecified atom stereocenters. The summed E-state index contributed by atoms with van der Waals surface area (Å²) in [4.78, 5) is 14.7. The highest BCUT2D eigenvalue weighted by Gasteiger charge is 2.10. The van der Waals surface area contributed by atoms with Crippen molar-refractivity contribution in [1.29, 1.82) is 0 Å². The number of carbonyl (C=O) groups is 1. The predicted molar refractivity (Wildman–Crippen MR) is 73.5 cm³/mol. The lowest BCUT2D eigenvalue weighted by atomic mass is 10.2. The van der Waals surface area contributed by atoms with E-state index in [0.717, 1.165) is 5.56 Å². The number of nitrogen functional groups attached to an aromatic ring is 1. The minimum atomic E-state index is -0.861. The van der Waals surface area contributed by atoms with E-state index in [4.69, 9.17) is 20.0 Å². The summed E-state index contributed by atoms with van der Waals surface area (Å²) in [6, 6.07) is 5.28. The maximum Gasteiger partial charge on any atom is 0.303 e. The maximum absolute atomic E-state index is 10.5. The summed E-state index contributed by atoms with van der Waals surface area (Å²) in [5.74, 6) is 0.175. The molecule has 1 aromatic heterocycles. The average molecular weight is 276 g/mol. The monoisotopic (exact) mass is 276 g/mol. The molecule has 6 heteroatoms. The Morgan fingerprint density at radius 3 is 2.95 bits per heavy atom. The molecule has 0 aliphatic carbocycles. The Morgan fingerprint density at radius 1 is 1.50 bits per heavy atom. The zero-order valence-corrected chi connectivity index (χ0v) is 11.1. The molecular formula is C14H16N2O4. The highest BCUT2D eigenvalue weighted by atomic mass is 16.5. The molecule has 1 aromatic carbocycles. The van der Waals surface area contributed by atoms with Gasteiger partial charge in [-0.15, -0.1) is 0 Å². The van der Waals surface area contributed by atoms with Gasteiger partial charge in [0, 0.05) is 12.0 Å². The number of nitrogens with zero attached hydrogens (tertiary/aromatic N) is 1. The van der Waals surface area contributed by atoms with Gasteiger partial charge in [-0.25, -0.2) is 4.98 Å². The van der Waals surface area contributed by atoms with Crippen LogP contribution in [0, 0.1) is 0 Å². The van der Waals surface area contributed by atoms with Crippen LogP contribution in [0.2, 0.25) is 0 Å². The van der Waals surface area contributed by atoms with E-state index in [9.17, 15) is 4.79 Å². The van der Waals surface area contributed by atoms with Crippen molar-refractivity contribution < 1.29 is 19.1 Å². The Hall–Kier alpha value is -2.50. The van der Waals surface area contributed by atoms with Gasteiger partial charge < -0.3 is 20.0 Å². The summed E-state index contributed by atoms with van der Waals surface area (Å²) in [7, 11) is 0. The lowest BCUT2D eigenvalue weighted by Gasteiger charge is -2.07. The topological polar surface area (TPSA) is 98.6 Å². The number of nitrogens with two attached hydrogens (primary N) is 1. The number of benzene rings is 1. The Bertz CT molecular complexity index is 607. The quantitative estimate of drug-likeness (QED) is 0.786. The molecule has 2 aromatic rings. The van der Waals surface area contributed by atoms with Gasteiger partial charge in [0.1, 0.15) is 12.0 Å². The molecule has 0 aliphatic heterocycles. The fraction of sp³-hybridized carbons (Fsp3) is 0.286. The largest absolute Gasteiger partial charge is 0.492 e. The van der Waals surface area contributed by atoms with Crippen LogP contribution in [-0.4, -0.2) is 22.7 Å². The number of aryl methyl sites for hydroxylation is 1. The number of hydrogen-bond donors (Lipinski definition) is 2. The van der Waals surface area contributed by atoms with Crippen LogP contribution >= 0.6 is 0 Å². The molecular weight excluding hydrogens is 260 g/mol. The van der Waals surface area contributed by atoms with Crippen molar-refractivity contribution in [3.63, 3.8) is 0 Å². The first kappa shape index (κ1) is 13.9. The molecule has 1 heterocycles. The molecule has 0 radical (unpaired) electrons. The van der Waals surface area contributed by atoms with Crippen LogP contribution in [0.4, 0.5) is 5.69 Å². The van der Waals surface area contributed by atoms with Crippen LogP contribution in [0.5, 0.6) is 5.75 Å². The minimum Gasteiger partial charge on any atom is -0.492 e. The van der Waals surface area contributed by atoms with Gasteiger partial charge in [0.05, 0.1) is 24.4 Å². The summed E-state index contributed by atoms with van der Waals surface area (Å²) in [5.41, 5.74) is 7.72. The SMILES string of the molecule is CCOc1ccc(-c2nc(CCC(=O)O)co2)cc1N. The van der Waals surface area contributed by atoms with Crippen molar-refractivity contribution in [2.75, 3.05) is 12.3 Å². The Kier molecular flexibility index (Phi) is 4.24. The fourth-order valence-corrected chi connectivity index (χ4v) is 1.76. The normalized spacial score (nSPS) is 10.4. The third kappa shape index (κ3) is 3.28. The van der Waals surface area contributed by atoms with Gasteiger partial charge in [-0.1, -0.05) is 0 Å². The second kappa shape index (κ2) is 6.10. The predicted octanol–water partition coefficient (Wildman–Crippen LogP) is 2.34. The lowest BCUT2D eigenvalue weighted by Crippen LogP contribution is -1.98. The second-order valence-electron chi connectivity index (χ2n) is 4.22. The molecule has 0 amide bonds. The number of anilines is 1. The van der Waals surface area contributed by atoms with Gasteiger partial charge in [-0.05, 0) is 25.1 Å². The molecule has 3 N–H and O–H groups in total. The highest BCUT2D eigenvalue weighted by Crippen LogP contribution is 2.28. The Morgan fingerprint density at radius 2 is 2.30 bits per heavy atom. The standard InChI is InChI=1S/C14H16N2O4/c1-2-19-12-5-3-9(7-11(12)15)14-16-10(8-20-14)4-6-13(17)18/h3,5,7-8H,2,4,6,15H2,1H3,(H,17,18). The second-order valence-corrected chi connectivity index (χ2v) is 4.22. The van der Waals surface area contributed by atoms with Crippen LogP contribution < -0.4 is 10.5 Å².